The van der Waals surface area contributed by atoms with E-state index >= 15 is 0 Å². The molecule has 0 saturated carbocycles. The van der Waals surface area contributed by atoms with Gasteiger partial charge in [-0.1, -0.05) is 34.6 Å². The second-order valence-corrected chi connectivity index (χ2v) is 5.80. The average Bonchev–Trinajstić information content (AvgIpc) is 2.22. The molecule has 106 valence electrons. The van der Waals surface area contributed by atoms with Crippen molar-refractivity contribution in [3.8, 4) is 0 Å². The van der Waals surface area contributed by atoms with Gasteiger partial charge in [0.1, 0.15) is 0 Å². The van der Waals surface area contributed by atoms with Crippen molar-refractivity contribution >= 4 is 11.9 Å². The lowest BCUT2D eigenvalue weighted by Gasteiger charge is -2.26. The Bertz CT molecular complexity index is 274. The first-order chi connectivity index (χ1) is 8.23. The molecule has 1 N–H and O–H groups in total. The molecule has 0 aromatic rings. The van der Waals surface area contributed by atoms with E-state index in [0.717, 1.165) is 0 Å². The van der Waals surface area contributed by atoms with Gasteiger partial charge in [-0.3, -0.25) is 9.59 Å². The zero-order chi connectivity index (χ0) is 14.3. The van der Waals surface area contributed by atoms with Crippen LogP contribution in [0.2, 0.25) is 0 Å². The minimum absolute atomic E-state index is 0.0223. The maximum absolute atomic E-state index is 12.1. The topological polar surface area (TPSA) is 57.6 Å². The van der Waals surface area contributed by atoms with Gasteiger partial charge in [0.05, 0.1) is 6.42 Å². The van der Waals surface area contributed by atoms with Gasteiger partial charge >= 0.3 is 5.97 Å². The van der Waals surface area contributed by atoms with Gasteiger partial charge in [0.2, 0.25) is 5.91 Å². The standard InChI is InChI=1S/C14H27NO3/c1-10(2)9-15(7-6-14(17)18)13(16)8-12(5)11(3)4/h10-12H,6-9H2,1-5H3,(H,17,18). The highest BCUT2D eigenvalue weighted by molar-refractivity contribution is 5.77. The predicted molar refractivity (Wildman–Crippen MR) is 72.3 cm³/mol. The van der Waals surface area contributed by atoms with Crippen LogP contribution in [0.1, 0.15) is 47.5 Å². The molecule has 0 saturated heterocycles. The Morgan fingerprint density at radius 3 is 2.06 bits per heavy atom. The van der Waals surface area contributed by atoms with Gasteiger partial charge in [0.15, 0.2) is 0 Å². The number of carbonyl (C=O) groups is 2. The first kappa shape index (κ1) is 16.9. The molecule has 4 heteroatoms. The molecule has 0 heterocycles. The lowest BCUT2D eigenvalue weighted by molar-refractivity contribution is -0.139. The fourth-order valence-electron chi connectivity index (χ4n) is 1.63. The molecule has 0 aromatic heterocycles. The van der Waals surface area contributed by atoms with Crippen LogP contribution in [-0.2, 0) is 9.59 Å². The van der Waals surface area contributed by atoms with Gasteiger partial charge in [0, 0.05) is 19.5 Å². The Labute approximate surface area is 110 Å². The van der Waals surface area contributed by atoms with E-state index in [2.05, 4.69) is 20.8 Å². The largest absolute Gasteiger partial charge is 0.481 e. The van der Waals surface area contributed by atoms with Crippen molar-refractivity contribution in [1.82, 2.24) is 4.90 Å². The molecular formula is C14H27NO3. The number of carbonyl (C=O) groups excluding carboxylic acids is 1. The van der Waals surface area contributed by atoms with E-state index in [-0.39, 0.29) is 12.3 Å². The number of hydrogen-bond donors (Lipinski definition) is 1. The van der Waals surface area contributed by atoms with Crippen molar-refractivity contribution in [1.29, 1.82) is 0 Å². The molecule has 1 atom stereocenters. The predicted octanol–water partition coefficient (Wildman–Crippen LogP) is 2.63. The second kappa shape index (κ2) is 8.11. The molecule has 0 radical (unpaired) electrons. The van der Waals surface area contributed by atoms with Crippen molar-refractivity contribution in [2.24, 2.45) is 17.8 Å². The molecule has 1 unspecified atom stereocenters. The van der Waals surface area contributed by atoms with Gasteiger partial charge in [-0.2, -0.15) is 0 Å². The summed E-state index contributed by atoms with van der Waals surface area (Å²) in [6, 6.07) is 0. The van der Waals surface area contributed by atoms with Gasteiger partial charge in [-0.05, 0) is 17.8 Å². The third kappa shape index (κ3) is 7.30. The average molecular weight is 257 g/mol. The number of aliphatic carboxylic acids is 1. The first-order valence-electron chi connectivity index (χ1n) is 6.73. The first-order valence-corrected chi connectivity index (χ1v) is 6.73. The number of amides is 1. The van der Waals surface area contributed by atoms with Crippen molar-refractivity contribution in [3.63, 3.8) is 0 Å². The van der Waals surface area contributed by atoms with Crippen molar-refractivity contribution in [2.75, 3.05) is 13.1 Å². The number of rotatable bonds is 8. The monoisotopic (exact) mass is 257 g/mol. The summed E-state index contributed by atoms with van der Waals surface area (Å²) >= 11 is 0. The zero-order valence-electron chi connectivity index (χ0n) is 12.3. The van der Waals surface area contributed by atoms with E-state index in [9.17, 15) is 9.59 Å². The summed E-state index contributed by atoms with van der Waals surface area (Å²) in [5.74, 6) is 0.378. The minimum atomic E-state index is -0.853. The SMILES string of the molecule is CC(C)CN(CCC(=O)O)C(=O)CC(C)C(C)C. The number of carboxylic acids is 1. The van der Waals surface area contributed by atoms with Gasteiger partial charge in [0.25, 0.3) is 0 Å². The second-order valence-electron chi connectivity index (χ2n) is 5.80. The molecule has 1 amide bonds. The van der Waals surface area contributed by atoms with Crippen molar-refractivity contribution < 1.29 is 14.7 Å². The van der Waals surface area contributed by atoms with E-state index in [4.69, 9.17) is 5.11 Å². The highest BCUT2D eigenvalue weighted by atomic mass is 16.4. The third-order valence-corrected chi connectivity index (χ3v) is 3.17. The number of hydrogen-bond acceptors (Lipinski definition) is 2. The summed E-state index contributed by atoms with van der Waals surface area (Å²) in [6.07, 6.45) is 0.526. The lowest BCUT2D eigenvalue weighted by Crippen LogP contribution is -2.37. The molecule has 0 aliphatic rings. The number of carboxylic acid groups (broad SMARTS) is 1. The lowest BCUT2D eigenvalue weighted by atomic mass is 9.94. The smallest absolute Gasteiger partial charge is 0.305 e. The molecule has 0 bridgehead atoms. The van der Waals surface area contributed by atoms with Crippen LogP contribution in [0.15, 0.2) is 0 Å². The van der Waals surface area contributed by atoms with Crippen molar-refractivity contribution in [3.05, 3.63) is 0 Å². The Balaban J connectivity index is 4.43. The van der Waals surface area contributed by atoms with E-state index in [1.807, 2.05) is 13.8 Å². The Morgan fingerprint density at radius 1 is 1.11 bits per heavy atom. The third-order valence-electron chi connectivity index (χ3n) is 3.17. The summed E-state index contributed by atoms with van der Waals surface area (Å²) < 4.78 is 0. The van der Waals surface area contributed by atoms with Crippen LogP contribution in [0.3, 0.4) is 0 Å². The molecule has 4 nitrogen and oxygen atoms in total. The van der Waals surface area contributed by atoms with Crippen LogP contribution in [0.5, 0.6) is 0 Å². The van der Waals surface area contributed by atoms with Crippen LogP contribution in [0.4, 0.5) is 0 Å². The van der Waals surface area contributed by atoms with E-state index < -0.39 is 5.97 Å². The summed E-state index contributed by atoms with van der Waals surface area (Å²) in [5.41, 5.74) is 0. The molecule has 0 aliphatic carbocycles. The summed E-state index contributed by atoms with van der Waals surface area (Å²) in [5, 5.41) is 8.71. The Morgan fingerprint density at radius 2 is 1.67 bits per heavy atom. The molecule has 18 heavy (non-hydrogen) atoms. The maximum Gasteiger partial charge on any atom is 0.305 e. The normalized spacial score (nSPS) is 12.8. The molecule has 0 aliphatic heterocycles. The van der Waals surface area contributed by atoms with Crippen LogP contribution in [-0.4, -0.2) is 35.0 Å². The summed E-state index contributed by atoms with van der Waals surface area (Å²) in [7, 11) is 0. The van der Waals surface area contributed by atoms with Crippen molar-refractivity contribution in [2.45, 2.75) is 47.5 Å². The highest BCUT2D eigenvalue weighted by Crippen LogP contribution is 2.16. The molecule has 0 spiro atoms. The Kier molecular flexibility index (Phi) is 7.64. The minimum Gasteiger partial charge on any atom is -0.481 e. The van der Waals surface area contributed by atoms with Crippen LogP contribution in [0.25, 0.3) is 0 Å². The van der Waals surface area contributed by atoms with E-state index in [1.165, 1.54) is 0 Å². The van der Waals surface area contributed by atoms with Crippen LogP contribution >= 0.6 is 0 Å². The van der Waals surface area contributed by atoms with Gasteiger partial charge in [-0.15, -0.1) is 0 Å². The summed E-state index contributed by atoms with van der Waals surface area (Å²) in [4.78, 5) is 24.4. The van der Waals surface area contributed by atoms with Gasteiger partial charge in [-0.25, -0.2) is 0 Å². The fraction of sp³-hybridized carbons (Fsp3) is 0.857. The molecule has 0 aromatic carbocycles. The van der Waals surface area contributed by atoms with E-state index in [0.29, 0.717) is 37.3 Å². The highest BCUT2D eigenvalue weighted by Gasteiger charge is 2.19. The molecule has 0 rings (SSSR count). The number of nitrogens with zero attached hydrogens (tertiary/aromatic N) is 1. The van der Waals surface area contributed by atoms with Crippen LogP contribution in [0, 0.1) is 17.8 Å². The zero-order valence-corrected chi connectivity index (χ0v) is 12.3. The van der Waals surface area contributed by atoms with E-state index in [1.54, 1.807) is 4.90 Å². The fourth-order valence-corrected chi connectivity index (χ4v) is 1.63. The maximum atomic E-state index is 12.1. The molecule has 0 fully saturated rings. The molecular weight excluding hydrogens is 230 g/mol. The Hall–Kier alpha value is -1.06. The quantitative estimate of drug-likeness (QED) is 0.727. The van der Waals surface area contributed by atoms with Gasteiger partial charge < -0.3 is 10.0 Å². The summed E-state index contributed by atoms with van der Waals surface area (Å²) in [6.45, 7) is 11.3. The van der Waals surface area contributed by atoms with Crippen LogP contribution < -0.4 is 0 Å².